The lowest BCUT2D eigenvalue weighted by molar-refractivity contribution is 0.0892. The van der Waals surface area contributed by atoms with Crippen LogP contribution in [0.3, 0.4) is 0 Å². The van der Waals surface area contributed by atoms with Crippen LogP contribution in [0.4, 0.5) is 0 Å². The van der Waals surface area contributed by atoms with Gasteiger partial charge in [-0.1, -0.05) is 0 Å². The Kier molecular flexibility index (Phi) is 6.32. The van der Waals surface area contributed by atoms with E-state index in [-0.39, 0.29) is 12.4 Å². The molecule has 0 radical (unpaired) electrons. The first kappa shape index (κ1) is 15.5. The molecular formula is C14H21NO4. The van der Waals surface area contributed by atoms with Gasteiger partial charge in [0.15, 0.2) is 17.3 Å². The topological polar surface area (TPSA) is 70.8 Å². The van der Waals surface area contributed by atoms with E-state index in [9.17, 15) is 4.79 Å². The number of Topliss-reactive ketones (excluding diaryl/α,β-unsaturated/α-hetero) is 1. The summed E-state index contributed by atoms with van der Waals surface area (Å²) in [6.07, 6.45) is 0. The number of hydrogen-bond acceptors (Lipinski definition) is 5. The van der Waals surface area contributed by atoms with Gasteiger partial charge in [0.25, 0.3) is 0 Å². The van der Waals surface area contributed by atoms with E-state index in [1.165, 1.54) is 7.11 Å². The highest BCUT2D eigenvalue weighted by atomic mass is 16.5. The van der Waals surface area contributed by atoms with E-state index < -0.39 is 6.04 Å². The van der Waals surface area contributed by atoms with E-state index >= 15 is 0 Å². The van der Waals surface area contributed by atoms with Crippen LogP contribution in [0.25, 0.3) is 0 Å². The number of ether oxygens (including phenoxy) is 3. The fourth-order valence-corrected chi connectivity index (χ4v) is 1.67. The minimum absolute atomic E-state index is 0.175. The third-order valence-electron chi connectivity index (χ3n) is 2.51. The molecule has 0 heterocycles. The van der Waals surface area contributed by atoms with Gasteiger partial charge in [0.2, 0.25) is 0 Å². The van der Waals surface area contributed by atoms with Crippen molar-refractivity contribution in [2.75, 3.05) is 26.9 Å². The molecule has 0 spiro atoms. The molecule has 106 valence electrons. The van der Waals surface area contributed by atoms with E-state index in [1.807, 2.05) is 13.8 Å². The molecule has 0 aliphatic rings. The van der Waals surface area contributed by atoms with Crippen molar-refractivity contribution in [3.05, 3.63) is 23.8 Å². The zero-order valence-corrected chi connectivity index (χ0v) is 11.6. The smallest absolute Gasteiger partial charge is 0.182 e. The summed E-state index contributed by atoms with van der Waals surface area (Å²) < 4.78 is 15.8. The van der Waals surface area contributed by atoms with E-state index in [2.05, 4.69) is 0 Å². The lowest BCUT2D eigenvalue weighted by Crippen LogP contribution is -2.34. The van der Waals surface area contributed by atoms with Crippen molar-refractivity contribution >= 4 is 5.78 Å². The molecular weight excluding hydrogens is 246 g/mol. The molecule has 1 aromatic rings. The molecule has 5 nitrogen and oxygen atoms in total. The molecule has 19 heavy (non-hydrogen) atoms. The van der Waals surface area contributed by atoms with Crippen LogP contribution in [0, 0.1) is 0 Å². The number of hydrogen-bond donors (Lipinski definition) is 1. The van der Waals surface area contributed by atoms with Crippen LogP contribution in [-0.4, -0.2) is 38.8 Å². The molecule has 0 saturated carbocycles. The Bertz CT molecular complexity index is 420. The summed E-state index contributed by atoms with van der Waals surface area (Å²) in [5.74, 6) is 1.01. The summed E-state index contributed by atoms with van der Waals surface area (Å²) in [7, 11) is 1.51. The summed E-state index contributed by atoms with van der Waals surface area (Å²) >= 11 is 0. The maximum atomic E-state index is 12.1. The van der Waals surface area contributed by atoms with Gasteiger partial charge >= 0.3 is 0 Å². The molecule has 5 heteroatoms. The van der Waals surface area contributed by atoms with Gasteiger partial charge in [-0.2, -0.15) is 0 Å². The first-order valence-corrected chi connectivity index (χ1v) is 6.32. The maximum Gasteiger partial charge on any atom is 0.182 e. The third kappa shape index (κ3) is 4.22. The molecule has 1 aromatic carbocycles. The largest absolute Gasteiger partial charge is 0.490 e. The van der Waals surface area contributed by atoms with Crippen molar-refractivity contribution in [2.45, 2.75) is 19.9 Å². The lowest BCUT2D eigenvalue weighted by Gasteiger charge is -2.14. The van der Waals surface area contributed by atoms with E-state index in [0.717, 1.165) is 0 Å². The van der Waals surface area contributed by atoms with Crippen LogP contribution >= 0.6 is 0 Å². The zero-order chi connectivity index (χ0) is 14.3. The first-order chi connectivity index (χ1) is 9.13. The van der Waals surface area contributed by atoms with Crippen LogP contribution in [0.1, 0.15) is 24.2 Å². The van der Waals surface area contributed by atoms with Gasteiger partial charge in [-0.3, -0.25) is 4.79 Å². The normalized spacial score (nSPS) is 12.0. The molecule has 0 bridgehead atoms. The highest BCUT2D eigenvalue weighted by molar-refractivity contribution is 6.00. The summed E-state index contributed by atoms with van der Waals surface area (Å²) in [4.78, 5) is 12.1. The molecule has 0 aliphatic carbocycles. The second kappa shape index (κ2) is 7.76. The number of benzene rings is 1. The second-order valence-corrected chi connectivity index (χ2v) is 3.95. The van der Waals surface area contributed by atoms with Crippen molar-refractivity contribution < 1.29 is 19.0 Å². The van der Waals surface area contributed by atoms with Gasteiger partial charge < -0.3 is 19.9 Å². The van der Waals surface area contributed by atoms with E-state index in [1.54, 1.807) is 18.2 Å². The van der Waals surface area contributed by atoms with Gasteiger partial charge in [-0.15, -0.1) is 0 Å². The van der Waals surface area contributed by atoms with Gasteiger partial charge in [-0.05, 0) is 32.0 Å². The highest BCUT2D eigenvalue weighted by Gasteiger charge is 2.17. The minimum Gasteiger partial charge on any atom is -0.490 e. The first-order valence-electron chi connectivity index (χ1n) is 6.32. The highest BCUT2D eigenvalue weighted by Crippen LogP contribution is 2.28. The Balaban J connectivity index is 2.96. The predicted octanol–water partition coefficient (Wildman–Crippen LogP) is 1.64. The summed E-state index contributed by atoms with van der Waals surface area (Å²) in [5, 5.41) is 0. The second-order valence-electron chi connectivity index (χ2n) is 3.95. The SMILES string of the molecule is CCOc1ccc(C(=O)C(N)COC)cc1OCC. The number of nitrogens with two attached hydrogens (primary N) is 1. The molecule has 0 saturated heterocycles. The third-order valence-corrected chi connectivity index (χ3v) is 2.51. The monoisotopic (exact) mass is 267 g/mol. The Morgan fingerprint density at radius 3 is 2.42 bits per heavy atom. The Morgan fingerprint density at radius 2 is 1.84 bits per heavy atom. The Labute approximate surface area is 113 Å². The van der Waals surface area contributed by atoms with E-state index in [4.69, 9.17) is 19.9 Å². The number of carbonyl (C=O) groups excluding carboxylic acids is 1. The minimum atomic E-state index is -0.669. The maximum absolute atomic E-state index is 12.1. The van der Waals surface area contributed by atoms with Crippen LogP contribution in [0.5, 0.6) is 11.5 Å². The Morgan fingerprint density at radius 1 is 1.21 bits per heavy atom. The molecule has 1 atom stereocenters. The summed E-state index contributed by atoms with van der Waals surface area (Å²) in [6.45, 7) is 5.00. The van der Waals surface area contributed by atoms with Crippen molar-refractivity contribution in [2.24, 2.45) is 5.73 Å². The molecule has 0 aliphatic heterocycles. The van der Waals surface area contributed by atoms with Crippen LogP contribution < -0.4 is 15.2 Å². The summed E-state index contributed by atoms with van der Waals surface area (Å²) in [6, 6.07) is 4.40. The summed E-state index contributed by atoms with van der Waals surface area (Å²) in [5.41, 5.74) is 6.23. The quantitative estimate of drug-likeness (QED) is 0.725. The number of ketones is 1. The van der Waals surface area contributed by atoms with Gasteiger partial charge in [0, 0.05) is 12.7 Å². The van der Waals surface area contributed by atoms with Gasteiger partial charge in [0.1, 0.15) is 0 Å². The van der Waals surface area contributed by atoms with Crippen LogP contribution in [-0.2, 0) is 4.74 Å². The number of carbonyl (C=O) groups is 1. The average molecular weight is 267 g/mol. The van der Waals surface area contributed by atoms with Crippen LogP contribution in [0.15, 0.2) is 18.2 Å². The molecule has 2 N–H and O–H groups in total. The molecule has 0 aromatic heterocycles. The number of methoxy groups -OCH3 is 1. The Hall–Kier alpha value is -1.59. The fourth-order valence-electron chi connectivity index (χ4n) is 1.67. The average Bonchev–Trinajstić information content (AvgIpc) is 2.40. The van der Waals surface area contributed by atoms with Crippen molar-refractivity contribution in [3.8, 4) is 11.5 Å². The molecule has 1 rings (SSSR count). The molecule has 0 fully saturated rings. The van der Waals surface area contributed by atoms with E-state index in [0.29, 0.717) is 30.3 Å². The van der Waals surface area contributed by atoms with Gasteiger partial charge in [-0.25, -0.2) is 0 Å². The van der Waals surface area contributed by atoms with Gasteiger partial charge in [0.05, 0.1) is 25.9 Å². The standard InChI is InChI=1S/C14H21NO4/c1-4-18-12-7-6-10(8-13(12)19-5-2)14(16)11(15)9-17-3/h6-8,11H,4-5,9,15H2,1-3H3. The zero-order valence-electron chi connectivity index (χ0n) is 11.6. The van der Waals surface area contributed by atoms with Crippen molar-refractivity contribution in [1.82, 2.24) is 0 Å². The fraction of sp³-hybridized carbons (Fsp3) is 0.500. The van der Waals surface area contributed by atoms with Crippen molar-refractivity contribution in [3.63, 3.8) is 0 Å². The van der Waals surface area contributed by atoms with Crippen LogP contribution in [0.2, 0.25) is 0 Å². The van der Waals surface area contributed by atoms with Crippen molar-refractivity contribution in [1.29, 1.82) is 0 Å². The lowest BCUT2D eigenvalue weighted by atomic mass is 10.0. The predicted molar refractivity (Wildman–Crippen MR) is 73.0 cm³/mol. The molecule has 1 unspecified atom stereocenters. The number of rotatable bonds is 8. The molecule has 0 amide bonds.